The molecular formula is C21H15Cl2NO2S. The maximum absolute atomic E-state index is 12.5. The molecular weight excluding hydrogens is 401 g/mol. The molecule has 27 heavy (non-hydrogen) atoms. The first-order valence-corrected chi connectivity index (χ1v) is 9.84. The van der Waals surface area contributed by atoms with Gasteiger partial charge in [-0.05, 0) is 36.4 Å². The zero-order chi connectivity index (χ0) is 19.2. The quantitative estimate of drug-likeness (QED) is 0.383. The predicted molar refractivity (Wildman–Crippen MR) is 112 cm³/mol. The van der Waals surface area contributed by atoms with Gasteiger partial charge in [-0.15, -0.1) is 11.8 Å². The number of carbonyl (C=O) groups excluding carboxylic acids is 2. The van der Waals surface area contributed by atoms with E-state index >= 15 is 0 Å². The van der Waals surface area contributed by atoms with Crippen molar-refractivity contribution in [2.45, 2.75) is 4.90 Å². The van der Waals surface area contributed by atoms with Gasteiger partial charge in [0.2, 0.25) is 0 Å². The molecule has 0 aromatic heterocycles. The van der Waals surface area contributed by atoms with Crippen LogP contribution in [-0.4, -0.2) is 17.4 Å². The van der Waals surface area contributed by atoms with Gasteiger partial charge in [0.15, 0.2) is 5.78 Å². The first-order valence-electron chi connectivity index (χ1n) is 8.10. The number of carbonyl (C=O) groups is 2. The second-order valence-electron chi connectivity index (χ2n) is 5.68. The van der Waals surface area contributed by atoms with E-state index in [0.29, 0.717) is 32.6 Å². The van der Waals surface area contributed by atoms with Gasteiger partial charge in [-0.25, -0.2) is 0 Å². The summed E-state index contributed by atoms with van der Waals surface area (Å²) in [6, 6.07) is 21.1. The van der Waals surface area contributed by atoms with Crippen molar-refractivity contribution < 1.29 is 9.59 Å². The Morgan fingerprint density at radius 2 is 1.59 bits per heavy atom. The van der Waals surface area contributed by atoms with E-state index in [-0.39, 0.29) is 11.7 Å². The Morgan fingerprint density at radius 1 is 0.852 bits per heavy atom. The SMILES string of the molecule is O=C(CSc1cccc(C(=O)Nc2ccc(Cl)cc2Cl)c1)c1ccccc1. The second-order valence-corrected chi connectivity index (χ2v) is 7.58. The van der Waals surface area contributed by atoms with Crippen LogP contribution in [0.5, 0.6) is 0 Å². The molecule has 3 nitrogen and oxygen atoms in total. The van der Waals surface area contributed by atoms with Crippen molar-refractivity contribution in [3.63, 3.8) is 0 Å². The van der Waals surface area contributed by atoms with Gasteiger partial charge in [0.05, 0.1) is 16.5 Å². The third-order valence-electron chi connectivity index (χ3n) is 3.74. The normalized spacial score (nSPS) is 10.4. The fraction of sp³-hybridized carbons (Fsp3) is 0.0476. The standard InChI is InChI=1S/C21H15Cl2NO2S/c22-16-9-10-19(18(23)12-16)24-21(26)15-7-4-8-17(11-15)27-13-20(25)14-5-2-1-3-6-14/h1-12H,13H2,(H,24,26). The molecule has 0 atom stereocenters. The van der Waals surface area contributed by atoms with E-state index < -0.39 is 0 Å². The average molecular weight is 416 g/mol. The van der Waals surface area contributed by atoms with Crippen molar-refractivity contribution in [3.05, 3.63) is 94.0 Å². The summed E-state index contributed by atoms with van der Waals surface area (Å²) in [5.74, 6) is 0.0671. The van der Waals surface area contributed by atoms with Crippen LogP contribution in [0.15, 0.2) is 77.7 Å². The van der Waals surface area contributed by atoms with E-state index in [0.717, 1.165) is 4.90 Å². The minimum atomic E-state index is -0.281. The minimum absolute atomic E-state index is 0.0448. The Labute approximate surface area is 171 Å². The number of rotatable bonds is 6. The number of Topliss-reactive ketones (excluding diaryl/α,β-unsaturated/α-hetero) is 1. The van der Waals surface area contributed by atoms with Crippen molar-refractivity contribution in [1.29, 1.82) is 0 Å². The van der Waals surface area contributed by atoms with Crippen LogP contribution >= 0.6 is 35.0 Å². The van der Waals surface area contributed by atoms with Gasteiger partial charge >= 0.3 is 0 Å². The number of benzene rings is 3. The van der Waals surface area contributed by atoms with Crippen molar-refractivity contribution >= 4 is 52.3 Å². The summed E-state index contributed by atoms with van der Waals surface area (Å²) < 4.78 is 0. The van der Waals surface area contributed by atoms with Crippen LogP contribution < -0.4 is 5.32 Å². The van der Waals surface area contributed by atoms with Gasteiger partial charge in [0.25, 0.3) is 5.91 Å². The molecule has 1 N–H and O–H groups in total. The molecule has 0 aliphatic rings. The lowest BCUT2D eigenvalue weighted by Gasteiger charge is -2.09. The van der Waals surface area contributed by atoms with E-state index in [1.165, 1.54) is 11.8 Å². The molecule has 0 fully saturated rings. The molecule has 3 rings (SSSR count). The number of thioether (sulfide) groups is 1. The first kappa shape index (κ1) is 19.5. The minimum Gasteiger partial charge on any atom is -0.321 e. The summed E-state index contributed by atoms with van der Waals surface area (Å²) in [6.45, 7) is 0. The van der Waals surface area contributed by atoms with Gasteiger partial charge in [0, 0.05) is 21.0 Å². The maximum atomic E-state index is 12.5. The van der Waals surface area contributed by atoms with E-state index in [2.05, 4.69) is 5.32 Å². The highest BCUT2D eigenvalue weighted by molar-refractivity contribution is 8.00. The van der Waals surface area contributed by atoms with Gasteiger partial charge in [-0.1, -0.05) is 59.6 Å². The Kier molecular flexibility index (Phi) is 6.56. The molecule has 6 heteroatoms. The van der Waals surface area contributed by atoms with Crippen LogP contribution in [0.1, 0.15) is 20.7 Å². The van der Waals surface area contributed by atoms with Crippen molar-refractivity contribution in [2.24, 2.45) is 0 Å². The summed E-state index contributed by atoms with van der Waals surface area (Å²) in [6.07, 6.45) is 0. The Bertz CT molecular complexity index is 977. The molecule has 0 bridgehead atoms. The van der Waals surface area contributed by atoms with Crippen molar-refractivity contribution in [1.82, 2.24) is 0 Å². The fourth-order valence-electron chi connectivity index (χ4n) is 2.37. The van der Waals surface area contributed by atoms with Crippen LogP contribution in [0.4, 0.5) is 5.69 Å². The molecule has 3 aromatic rings. The van der Waals surface area contributed by atoms with Gasteiger partial charge in [-0.3, -0.25) is 9.59 Å². The average Bonchev–Trinajstić information content (AvgIpc) is 2.69. The summed E-state index contributed by atoms with van der Waals surface area (Å²) in [5, 5.41) is 3.64. The maximum Gasteiger partial charge on any atom is 0.255 e. The van der Waals surface area contributed by atoms with Crippen LogP contribution in [0.25, 0.3) is 0 Å². The molecule has 0 unspecified atom stereocenters. The Morgan fingerprint density at radius 3 is 2.33 bits per heavy atom. The molecule has 136 valence electrons. The van der Waals surface area contributed by atoms with E-state index in [1.54, 1.807) is 48.5 Å². The molecule has 1 amide bonds. The monoisotopic (exact) mass is 415 g/mol. The number of anilines is 1. The Balaban J connectivity index is 1.66. The Hall–Kier alpha value is -2.27. The first-order chi connectivity index (χ1) is 13.0. The number of hydrogen-bond acceptors (Lipinski definition) is 3. The lowest BCUT2D eigenvalue weighted by molar-refractivity contribution is 0.101. The molecule has 0 saturated carbocycles. The van der Waals surface area contributed by atoms with Crippen molar-refractivity contribution in [3.8, 4) is 0 Å². The van der Waals surface area contributed by atoms with E-state index in [1.807, 2.05) is 24.3 Å². The van der Waals surface area contributed by atoms with Crippen molar-refractivity contribution in [2.75, 3.05) is 11.1 Å². The molecule has 0 spiro atoms. The highest BCUT2D eigenvalue weighted by Gasteiger charge is 2.11. The highest BCUT2D eigenvalue weighted by atomic mass is 35.5. The van der Waals surface area contributed by atoms with Gasteiger partial charge < -0.3 is 5.32 Å². The van der Waals surface area contributed by atoms with E-state index in [4.69, 9.17) is 23.2 Å². The topological polar surface area (TPSA) is 46.2 Å². The zero-order valence-corrected chi connectivity index (χ0v) is 16.4. The molecule has 3 aromatic carbocycles. The molecule has 0 radical (unpaired) electrons. The van der Waals surface area contributed by atoms with Crippen LogP contribution in [0, 0.1) is 0 Å². The van der Waals surface area contributed by atoms with Gasteiger partial charge in [0.1, 0.15) is 0 Å². The number of halogens is 2. The second kappa shape index (κ2) is 9.09. The third kappa shape index (κ3) is 5.36. The summed E-state index contributed by atoms with van der Waals surface area (Å²) >= 11 is 13.4. The van der Waals surface area contributed by atoms with Gasteiger partial charge in [-0.2, -0.15) is 0 Å². The zero-order valence-electron chi connectivity index (χ0n) is 14.1. The van der Waals surface area contributed by atoms with Crippen LogP contribution in [-0.2, 0) is 0 Å². The predicted octanol–water partition coefficient (Wildman–Crippen LogP) is 6.22. The fourth-order valence-corrected chi connectivity index (χ4v) is 3.67. The van der Waals surface area contributed by atoms with Crippen LogP contribution in [0.2, 0.25) is 10.0 Å². The van der Waals surface area contributed by atoms with E-state index in [9.17, 15) is 9.59 Å². The lowest BCUT2D eigenvalue weighted by atomic mass is 10.2. The van der Waals surface area contributed by atoms with Crippen LogP contribution in [0.3, 0.4) is 0 Å². The smallest absolute Gasteiger partial charge is 0.255 e. The largest absolute Gasteiger partial charge is 0.321 e. The number of ketones is 1. The number of hydrogen-bond donors (Lipinski definition) is 1. The molecule has 0 aliphatic heterocycles. The molecule has 0 saturated heterocycles. The molecule has 0 heterocycles. The summed E-state index contributed by atoms with van der Waals surface area (Å²) in [7, 11) is 0. The summed E-state index contributed by atoms with van der Waals surface area (Å²) in [5.41, 5.74) is 1.65. The number of nitrogens with one attached hydrogen (secondary N) is 1. The summed E-state index contributed by atoms with van der Waals surface area (Å²) in [4.78, 5) is 25.5. The lowest BCUT2D eigenvalue weighted by Crippen LogP contribution is -2.12. The highest BCUT2D eigenvalue weighted by Crippen LogP contribution is 2.26. The number of amides is 1. The third-order valence-corrected chi connectivity index (χ3v) is 5.28. The molecule has 0 aliphatic carbocycles.